The summed E-state index contributed by atoms with van der Waals surface area (Å²) in [5.74, 6) is -0.167. The number of aromatic nitrogens is 1. The smallest absolute Gasteiger partial charge is 0.126 e. The fourth-order valence-electron chi connectivity index (χ4n) is 2.20. The zero-order valence-electron chi connectivity index (χ0n) is 13.4. The van der Waals surface area contributed by atoms with Gasteiger partial charge in [-0.2, -0.15) is 0 Å². The Morgan fingerprint density at radius 2 is 2.00 bits per heavy atom. The van der Waals surface area contributed by atoms with Crippen LogP contribution in [0.5, 0.6) is 0 Å². The molecule has 0 aliphatic heterocycles. The number of nitrogens with zero attached hydrogens (tertiary/aromatic N) is 1. The van der Waals surface area contributed by atoms with Crippen LogP contribution in [0, 0.1) is 12.7 Å². The van der Waals surface area contributed by atoms with Gasteiger partial charge in [-0.15, -0.1) is 11.3 Å². The van der Waals surface area contributed by atoms with E-state index in [2.05, 4.69) is 33.0 Å². The minimum absolute atomic E-state index is 0.00851. The van der Waals surface area contributed by atoms with E-state index in [0.29, 0.717) is 5.56 Å². The molecule has 0 atom stereocenters. The predicted molar refractivity (Wildman–Crippen MR) is 88.3 cm³/mol. The standard InChI is InChI=1S/C17H23FN2S/c1-6-19-10-14-15(17(3,4)5)20-16(21-14)12-7-8-13(18)11(2)9-12/h7-9,19H,6,10H2,1-5H3. The van der Waals surface area contributed by atoms with Crippen molar-refractivity contribution in [1.82, 2.24) is 10.3 Å². The van der Waals surface area contributed by atoms with Crippen molar-refractivity contribution in [1.29, 1.82) is 0 Å². The molecule has 0 aliphatic rings. The number of halogens is 1. The van der Waals surface area contributed by atoms with Crippen LogP contribution in [0.3, 0.4) is 0 Å². The highest BCUT2D eigenvalue weighted by Gasteiger charge is 2.23. The first-order valence-corrected chi connectivity index (χ1v) is 8.12. The molecule has 0 fully saturated rings. The van der Waals surface area contributed by atoms with Crippen molar-refractivity contribution in [3.8, 4) is 10.6 Å². The molecule has 2 rings (SSSR count). The number of aryl methyl sites for hydroxylation is 1. The molecule has 0 radical (unpaired) electrons. The van der Waals surface area contributed by atoms with Crippen LogP contribution in [-0.2, 0) is 12.0 Å². The zero-order chi connectivity index (χ0) is 15.6. The number of hydrogen-bond acceptors (Lipinski definition) is 3. The lowest BCUT2D eigenvalue weighted by atomic mass is 9.91. The Bertz CT molecular complexity index is 626. The summed E-state index contributed by atoms with van der Waals surface area (Å²) in [4.78, 5) is 6.10. The fraction of sp³-hybridized carbons (Fsp3) is 0.471. The van der Waals surface area contributed by atoms with Crippen LogP contribution < -0.4 is 5.32 Å². The maximum atomic E-state index is 13.4. The monoisotopic (exact) mass is 306 g/mol. The molecule has 0 saturated heterocycles. The number of hydrogen-bond donors (Lipinski definition) is 1. The van der Waals surface area contributed by atoms with Gasteiger partial charge < -0.3 is 5.32 Å². The zero-order valence-corrected chi connectivity index (χ0v) is 14.2. The second-order valence-electron chi connectivity index (χ2n) is 6.29. The molecule has 0 saturated carbocycles. The third kappa shape index (κ3) is 3.69. The molecule has 0 aliphatic carbocycles. The minimum atomic E-state index is -0.167. The molecule has 0 unspecified atom stereocenters. The molecule has 4 heteroatoms. The summed E-state index contributed by atoms with van der Waals surface area (Å²) in [6.45, 7) is 12.2. The fourth-order valence-corrected chi connectivity index (χ4v) is 3.44. The number of rotatable bonds is 4. The molecule has 1 heterocycles. The van der Waals surface area contributed by atoms with E-state index in [9.17, 15) is 4.39 Å². The van der Waals surface area contributed by atoms with Crippen LogP contribution in [-0.4, -0.2) is 11.5 Å². The second-order valence-corrected chi connectivity index (χ2v) is 7.37. The largest absolute Gasteiger partial charge is 0.312 e. The van der Waals surface area contributed by atoms with E-state index in [1.54, 1.807) is 18.3 Å². The molecule has 1 aromatic carbocycles. The van der Waals surface area contributed by atoms with E-state index in [-0.39, 0.29) is 11.2 Å². The average Bonchev–Trinajstić information content (AvgIpc) is 2.83. The summed E-state index contributed by atoms with van der Waals surface area (Å²) >= 11 is 1.70. The van der Waals surface area contributed by atoms with E-state index >= 15 is 0 Å². The summed E-state index contributed by atoms with van der Waals surface area (Å²) < 4.78 is 13.4. The summed E-state index contributed by atoms with van der Waals surface area (Å²) in [5, 5.41) is 4.34. The van der Waals surface area contributed by atoms with Gasteiger partial charge in [-0.25, -0.2) is 9.37 Å². The van der Waals surface area contributed by atoms with Gasteiger partial charge >= 0.3 is 0 Å². The van der Waals surface area contributed by atoms with Crippen LogP contribution in [0.15, 0.2) is 18.2 Å². The number of benzene rings is 1. The molecule has 1 aromatic heterocycles. The Balaban J connectivity index is 2.45. The van der Waals surface area contributed by atoms with Gasteiger partial charge in [0, 0.05) is 22.4 Å². The molecule has 2 nitrogen and oxygen atoms in total. The highest BCUT2D eigenvalue weighted by molar-refractivity contribution is 7.15. The molecular formula is C17H23FN2S. The van der Waals surface area contributed by atoms with E-state index in [1.165, 1.54) is 10.9 Å². The van der Waals surface area contributed by atoms with Crippen LogP contribution in [0.1, 0.15) is 43.8 Å². The van der Waals surface area contributed by atoms with Crippen LogP contribution in [0.4, 0.5) is 4.39 Å². The third-order valence-corrected chi connectivity index (χ3v) is 4.45. The summed E-state index contributed by atoms with van der Waals surface area (Å²) in [6, 6.07) is 5.20. The van der Waals surface area contributed by atoms with Crippen LogP contribution in [0.25, 0.3) is 10.6 Å². The lowest BCUT2D eigenvalue weighted by molar-refractivity contribution is 0.561. The quantitative estimate of drug-likeness (QED) is 0.888. The topological polar surface area (TPSA) is 24.9 Å². The Labute approximate surface area is 130 Å². The second kappa shape index (κ2) is 6.24. The Hall–Kier alpha value is -1.26. The van der Waals surface area contributed by atoms with Crippen molar-refractivity contribution in [2.45, 2.75) is 46.6 Å². The maximum absolute atomic E-state index is 13.4. The van der Waals surface area contributed by atoms with Crippen LogP contribution in [0.2, 0.25) is 0 Å². The summed E-state index contributed by atoms with van der Waals surface area (Å²) in [5.41, 5.74) is 2.79. The normalized spacial score (nSPS) is 11.9. The van der Waals surface area contributed by atoms with Crippen molar-refractivity contribution in [3.63, 3.8) is 0 Å². The molecule has 2 aromatic rings. The Morgan fingerprint density at radius 1 is 1.29 bits per heavy atom. The molecule has 1 N–H and O–H groups in total. The SMILES string of the molecule is CCNCc1sc(-c2ccc(F)c(C)c2)nc1C(C)(C)C. The molecular weight excluding hydrogens is 283 g/mol. The molecule has 0 amide bonds. The molecule has 114 valence electrons. The molecule has 21 heavy (non-hydrogen) atoms. The predicted octanol–water partition coefficient (Wildman–Crippen LogP) is 4.66. The van der Waals surface area contributed by atoms with Gasteiger partial charge in [0.1, 0.15) is 10.8 Å². The first-order valence-electron chi connectivity index (χ1n) is 7.30. The van der Waals surface area contributed by atoms with Gasteiger partial charge in [0.25, 0.3) is 0 Å². The third-order valence-electron chi connectivity index (χ3n) is 3.35. The van der Waals surface area contributed by atoms with Gasteiger partial charge in [0.05, 0.1) is 5.69 Å². The number of nitrogens with one attached hydrogen (secondary N) is 1. The van der Waals surface area contributed by atoms with E-state index in [1.807, 2.05) is 12.1 Å². The van der Waals surface area contributed by atoms with Crippen molar-refractivity contribution >= 4 is 11.3 Å². The van der Waals surface area contributed by atoms with Gasteiger partial charge in [-0.1, -0.05) is 27.7 Å². The Morgan fingerprint density at radius 3 is 2.57 bits per heavy atom. The first-order chi connectivity index (χ1) is 9.82. The lowest BCUT2D eigenvalue weighted by Crippen LogP contribution is -2.18. The van der Waals surface area contributed by atoms with E-state index < -0.39 is 0 Å². The maximum Gasteiger partial charge on any atom is 0.126 e. The molecule has 0 bridgehead atoms. The summed E-state index contributed by atoms with van der Waals surface area (Å²) in [6.07, 6.45) is 0. The lowest BCUT2D eigenvalue weighted by Gasteiger charge is -2.17. The highest BCUT2D eigenvalue weighted by Crippen LogP contribution is 2.34. The minimum Gasteiger partial charge on any atom is -0.312 e. The van der Waals surface area contributed by atoms with Gasteiger partial charge in [-0.05, 0) is 37.2 Å². The molecule has 0 spiro atoms. The number of thiazole rings is 1. The van der Waals surface area contributed by atoms with E-state index in [0.717, 1.165) is 29.4 Å². The van der Waals surface area contributed by atoms with Crippen LogP contribution >= 0.6 is 11.3 Å². The Kier molecular flexibility index (Phi) is 4.79. The summed E-state index contributed by atoms with van der Waals surface area (Å²) in [7, 11) is 0. The van der Waals surface area contributed by atoms with Crippen molar-refractivity contribution < 1.29 is 4.39 Å². The highest BCUT2D eigenvalue weighted by atomic mass is 32.1. The van der Waals surface area contributed by atoms with Gasteiger partial charge in [0.15, 0.2) is 0 Å². The first kappa shape index (κ1) is 16.1. The van der Waals surface area contributed by atoms with Crippen molar-refractivity contribution in [3.05, 3.63) is 40.2 Å². The van der Waals surface area contributed by atoms with Crippen molar-refractivity contribution in [2.75, 3.05) is 6.54 Å². The van der Waals surface area contributed by atoms with Gasteiger partial charge in [-0.3, -0.25) is 0 Å². The van der Waals surface area contributed by atoms with Crippen molar-refractivity contribution in [2.24, 2.45) is 0 Å². The van der Waals surface area contributed by atoms with E-state index in [4.69, 9.17) is 4.98 Å². The average molecular weight is 306 g/mol. The van der Waals surface area contributed by atoms with Gasteiger partial charge in [0.2, 0.25) is 0 Å².